The number of amides is 1. The Balaban J connectivity index is 1.76. The molecule has 0 bridgehead atoms. The van der Waals surface area contributed by atoms with Gasteiger partial charge in [-0.2, -0.15) is 0 Å². The molecule has 1 aliphatic heterocycles. The summed E-state index contributed by atoms with van der Waals surface area (Å²) in [5.74, 6) is -0.580. The Kier molecular flexibility index (Phi) is 6.10. The van der Waals surface area contributed by atoms with Crippen LogP contribution in [0.2, 0.25) is 5.02 Å². The summed E-state index contributed by atoms with van der Waals surface area (Å²) in [6.07, 6.45) is 3.64. The third kappa shape index (κ3) is 4.29. The van der Waals surface area contributed by atoms with E-state index in [0.717, 1.165) is 16.9 Å². The maximum absolute atomic E-state index is 13.4. The van der Waals surface area contributed by atoms with Crippen LogP contribution in [0.1, 0.15) is 28.4 Å². The van der Waals surface area contributed by atoms with Gasteiger partial charge in [-0.1, -0.05) is 54.1 Å². The Morgan fingerprint density at radius 1 is 1.06 bits per heavy atom. The van der Waals surface area contributed by atoms with Gasteiger partial charge in [-0.3, -0.25) is 9.69 Å². The average Bonchev–Trinajstić information content (AvgIpc) is 3.11. The van der Waals surface area contributed by atoms with E-state index < -0.39 is 5.97 Å². The molecule has 0 spiro atoms. The van der Waals surface area contributed by atoms with Crippen LogP contribution in [-0.2, 0) is 4.79 Å². The third-order valence-corrected chi connectivity index (χ3v) is 5.32. The molecule has 3 aromatic rings. The number of carbonyl (C=O) groups excluding carboxylic acids is 1. The Morgan fingerprint density at radius 2 is 1.78 bits per heavy atom. The summed E-state index contributed by atoms with van der Waals surface area (Å²) in [6.45, 7) is 2.51. The molecule has 1 aliphatic rings. The van der Waals surface area contributed by atoms with Crippen LogP contribution in [0.5, 0.6) is 5.75 Å². The van der Waals surface area contributed by atoms with Gasteiger partial charge in [0.2, 0.25) is 0 Å². The number of ether oxygens (including phenoxy) is 1. The number of carboxylic acids is 1. The molecule has 32 heavy (non-hydrogen) atoms. The van der Waals surface area contributed by atoms with Gasteiger partial charge >= 0.3 is 5.97 Å². The van der Waals surface area contributed by atoms with E-state index in [1.165, 1.54) is 12.1 Å². The zero-order valence-electron chi connectivity index (χ0n) is 17.3. The second-order valence-electron chi connectivity index (χ2n) is 7.11. The van der Waals surface area contributed by atoms with E-state index in [4.69, 9.17) is 16.3 Å². The van der Waals surface area contributed by atoms with Gasteiger partial charge in [0.25, 0.3) is 5.91 Å². The molecule has 0 radical (unpaired) electrons. The molecule has 1 N–H and O–H groups in total. The molecule has 0 unspecified atom stereocenters. The van der Waals surface area contributed by atoms with Crippen LogP contribution in [-0.4, -0.2) is 23.6 Å². The van der Waals surface area contributed by atoms with Gasteiger partial charge < -0.3 is 9.84 Å². The van der Waals surface area contributed by atoms with Gasteiger partial charge in [0, 0.05) is 5.57 Å². The van der Waals surface area contributed by atoms with E-state index in [1.807, 2.05) is 73.7 Å². The Labute approximate surface area is 190 Å². The molecule has 0 saturated carbocycles. The van der Waals surface area contributed by atoms with Gasteiger partial charge in [-0.05, 0) is 60.5 Å². The smallest absolute Gasteiger partial charge is 0.337 e. The lowest BCUT2D eigenvalue weighted by Gasteiger charge is -2.21. The molecule has 0 fully saturated rings. The lowest BCUT2D eigenvalue weighted by molar-refractivity contribution is -0.113. The molecule has 160 valence electrons. The molecule has 0 aliphatic carbocycles. The van der Waals surface area contributed by atoms with Crippen molar-refractivity contribution in [1.82, 2.24) is 0 Å². The van der Waals surface area contributed by atoms with Crippen molar-refractivity contribution >= 4 is 40.9 Å². The first-order valence-corrected chi connectivity index (χ1v) is 10.4. The van der Waals surface area contributed by atoms with Crippen molar-refractivity contribution in [2.75, 3.05) is 11.5 Å². The van der Waals surface area contributed by atoms with Crippen molar-refractivity contribution in [2.24, 2.45) is 0 Å². The first kappa shape index (κ1) is 21.4. The molecule has 1 amide bonds. The van der Waals surface area contributed by atoms with Crippen molar-refractivity contribution in [2.45, 2.75) is 6.92 Å². The molecule has 0 saturated heterocycles. The Hall–Kier alpha value is -3.83. The summed E-state index contributed by atoms with van der Waals surface area (Å²) in [5, 5.41) is 9.34. The Morgan fingerprint density at radius 3 is 2.41 bits per heavy atom. The average molecular weight is 446 g/mol. The minimum Gasteiger partial charge on any atom is -0.494 e. The molecule has 4 rings (SSSR count). The maximum Gasteiger partial charge on any atom is 0.337 e. The van der Waals surface area contributed by atoms with E-state index in [9.17, 15) is 14.7 Å². The summed E-state index contributed by atoms with van der Waals surface area (Å²) in [7, 11) is 0. The van der Waals surface area contributed by atoms with Crippen LogP contribution >= 0.6 is 11.6 Å². The van der Waals surface area contributed by atoms with Gasteiger partial charge in [0.15, 0.2) is 0 Å². The van der Waals surface area contributed by atoms with Crippen molar-refractivity contribution in [3.63, 3.8) is 0 Å². The highest BCUT2D eigenvalue weighted by atomic mass is 35.5. The minimum absolute atomic E-state index is 0.0162. The zero-order valence-corrected chi connectivity index (χ0v) is 18.0. The van der Waals surface area contributed by atoms with E-state index in [-0.39, 0.29) is 16.5 Å². The normalized spacial score (nSPS) is 14.6. The number of rotatable bonds is 6. The van der Waals surface area contributed by atoms with E-state index in [1.54, 1.807) is 11.0 Å². The predicted octanol–water partition coefficient (Wildman–Crippen LogP) is 5.91. The summed E-state index contributed by atoms with van der Waals surface area (Å²) in [6, 6.07) is 21.5. The van der Waals surface area contributed by atoms with Gasteiger partial charge in [-0.25, -0.2) is 4.79 Å². The fourth-order valence-electron chi connectivity index (χ4n) is 3.52. The highest BCUT2D eigenvalue weighted by Crippen LogP contribution is 2.37. The number of halogens is 1. The standard InChI is InChI=1S/C26H20ClNO4/c1-2-32-21-11-8-17(9-12-21)14-19-15-24(18-6-4-3-5-7-18)28(25(19)29)20-10-13-22(26(30)31)23(27)16-20/h3-16H,2H2,1H3,(H,30,31)/b19-14+. The summed E-state index contributed by atoms with van der Waals surface area (Å²) >= 11 is 6.19. The first-order valence-electron chi connectivity index (χ1n) is 10.1. The summed E-state index contributed by atoms with van der Waals surface area (Å²) in [4.78, 5) is 26.3. The molecule has 3 aromatic carbocycles. The van der Waals surface area contributed by atoms with Crippen LogP contribution in [0.15, 0.2) is 84.4 Å². The number of hydrogen-bond donors (Lipinski definition) is 1. The van der Waals surface area contributed by atoms with E-state index >= 15 is 0 Å². The number of carbonyl (C=O) groups is 2. The predicted molar refractivity (Wildman–Crippen MR) is 126 cm³/mol. The fraction of sp³-hybridized carbons (Fsp3) is 0.0769. The lowest BCUT2D eigenvalue weighted by atomic mass is 10.1. The second kappa shape index (κ2) is 9.12. The van der Waals surface area contributed by atoms with E-state index in [2.05, 4.69) is 0 Å². The molecule has 6 heteroatoms. The largest absolute Gasteiger partial charge is 0.494 e. The fourth-order valence-corrected chi connectivity index (χ4v) is 3.77. The van der Waals surface area contributed by atoms with Gasteiger partial charge in [0.1, 0.15) is 5.75 Å². The molecular weight excluding hydrogens is 426 g/mol. The van der Waals surface area contributed by atoms with Gasteiger partial charge in [0.05, 0.1) is 28.6 Å². The SMILES string of the molecule is CCOc1ccc(/C=C2\C=C(c3ccccc3)N(c3ccc(C(=O)O)c(Cl)c3)C2=O)cc1. The molecule has 0 aromatic heterocycles. The maximum atomic E-state index is 13.4. The van der Waals surface area contributed by atoms with E-state index in [0.29, 0.717) is 23.6 Å². The number of nitrogens with zero attached hydrogens (tertiary/aromatic N) is 1. The Bertz CT molecular complexity index is 1230. The number of carboxylic acid groups (broad SMARTS) is 1. The number of aromatic carboxylic acids is 1. The quantitative estimate of drug-likeness (QED) is 0.479. The monoisotopic (exact) mass is 445 g/mol. The number of benzene rings is 3. The minimum atomic E-state index is -1.12. The first-order chi connectivity index (χ1) is 15.5. The van der Waals surface area contributed by atoms with Crippen molar-refractivity contribution < 1.29 is 19.4 Å². The number of hydrogen-bond acceptors (Lipinski definition) is 3. The lowest BCUT2D eigenvalue weighted by Crippen LogP contribution is -2.25. The van der Waals surface area contributed by atoms with Crippen LogP contribution in [0.25, 0.3) is 11.8 Å². The van der Waals surface area contributed by atoms with Crippen LogP contribution in [0.3, 0.4) is 0 Å². The number of anilines is 1. The van der Waals surface area contributed by atoms with Gasteiger partial charge in [-0.15, -0.1) is 0 Å². The zero-order chi connectivity index (χ0) is 22.7. The second-order valence-corrected chi connectivity index (χ2v) is 7.51. The summed E-state index contributed by atoms with van der Waals surface area (Å²) < 4.78 is 5.48. The van der Waals surface area contributed by atoms with Crippen molar-refractivity contribution in [1.29, 1.82) is 0 Å². The molecular formula is C26H20ClNO4. The molecule has 5 nitrogen and oxygen atoms in total. The topological polar surface area (TPSA) is 66.8 Å². The van der Waals surface area contributed by atoms with Crippen molar-refractivity contribution in [3.8, 4) is 5.75 Å². The summed E-state index contributed by atoms with van der Waals surface area (Å²) in [5.41, 5.74) is 3.39. The highest BCUT2D eigenvalue weighted by Gasteiger charge is 2.31. The van der Waals surface area contributed by atoms with Crippen molar-refractivity contribution in [3.05, 3.63) is 106 Å². The molecule has 0 atom stereocenters. The highest BCUT2D eigenvalue weighted by molar-refractivity contribution is 6.34. The molecule has 1 heterocycles. The van der Waals surface area contributed by atoms with Crippen LogP contribution in [0.4, 0.5) is 5.69 Å². The third-order valence-electron chi connectivity index (χ3n) is 5.01. The van der Waals surface area contributed by atoms with Crippen LogP contribution in [0, 0.1) is 0 Å². The van der Waals surface area contributed by atoms with Crippen LogP contribution < -0.4 is 9.64 Å².